The SMILES string of the molecule is COC[C@H](NC(=O)OCC1c2ccccc2-c2ccccc21)C(=O)NC(CC(=O)O)C1CCC1. The van der Waals surface area contributed by atoms with Gasteiger partial charge in [-0.05, 0) is 41.0 Å². The molecule has 2 aromatic carbocycles. The van der Waals surface area contributed by atoms with Crippen LogP contribution in [0.2, 0.25) is 0 Å². The van der Waals surface area contributed by atoms with E-state index >= 15 is 0 Å². The van der Waals surface area contributed by atoms with Crippen molar-refractivity contribution in [3.05, 3.63) is 59.7 Å². The minimum atomic E-state index is -0.989. The zero-order valence-corrected chi connectivity index (χ0v) is 19.2. The number of hydrogen-bond donors (Lipinski definition) is 3. The lowest BCUT2D eigenvalue weighted by Crippen LogP contribution is -2.54. The average Bonchev–Trinajstić information content (AvgIpc) is 3.09. The Kier molecular flexibility index (Phi) is 7.47. The molecule has 0 radical (unpaired) electrons. The van der Waals surface area contributed by atoms with Gasteiger partial charge in [-0.2, -0.15) is 0 Å². The van der Waals surface area contributed by atoms with Gasteiger partial charge in [-0.25, -0.2) is 4.79 Å². The number of carboxylic acid groups (broad SMARTS) is 1. The van der Waals surface area contributed by atoms with Crippen LogP contribution in [0.25, 0.3) is 11.1 Å². The fourth-order valence-corrected chi connectivity index (χ4v) is 4.78. The number of rotatable bonds is 10. The van der Waals surface area contributed by atoms with Gasteiger partial charge in [0.05, 0.1) is 13.0 Å². The highest BCUT2D eigenvalue weighted by atomic mass is 16.5. The Morgan fingerprint density at radius 1 is 1.00 bits per heavy atom. The van der Waals surface area contributed by atoms with E-state index in [1.165, 1.54) is 7.11 Å². The predicted octanol–water partition coefficient (Wildman–Crippen LogP) is 3.30. The molecular weight excluding hydrogens is 436 g/mol. The first-order valence-electron chi connectivity index (χ1n) is 11.6. The lowest BCUT2D eigenvalue weighted by Gasteiger charge is -2.34. The van der Waals surface area contributed by atoms with Crippen molar-refractivity contribution in [3.8, 4) is 11.1 Å². The molecule has 0 heterocycles. The Balaban J connectivity index is 1.38. The summed E-state index contributed by atoms with van der Waals surface area (Å²) < 4.78 is 10.6. The number of ether oxygens (including phenoxy) is 2. The second-order valence-corrected chi connectivity index (χ2v) is 8.88. The standard InChI is InChI=1S/C26H30N2O6/c1-33-15-23(25(31)27-22(13-24(29)30)16-7-6-8-16)28-26(32)34-14-21-19-11-4-2-9-17(19)18-10-3-5-12-20(18)21/h2-5,9-12,16,21-23H,6-8,13-15H2,1H3,(H,27,31)(H,28,32)(H,29,30)/t22?,23-/m0/s1. The zero-order chi connectivity index (χ0) is 24.1. The largest absolute Gasteiger partial charge is 0.481 e. The Labute approximate surface area is 198 Å². The number of hydrogen-bond acceptors (Lipinski definition) is 5. The van der Waals surface area contributed by atoms with Crippen LogP contribution in [0.3, 0.4) is 0 Å². The monoisotopic (exact) mass is 466 g/mol. The Hall–Kier alpha value is -3.39. The van der Waals surface area contributed by atoms with Crippen LogP contribution in [-0.4, -0.2) is 55.5 Å². The number of carboxylic acids is 1. The highest BCUT2D eigenvalue weighted by Crippen LogP contribution is 2.44. The fraction of sp³-hybridized carbons (Fsp3) is 0.423. The molecule has 3 N–H and O–H groups in total. The molecule has 180 valence electrons. The molecule has 0 aromatic heterocycles. The molecule has 2 amide bonds. The summed E-state index contributed by atoms with van der Waals surface area (Å²) in [4.78, 5) is 36.7. The quantitative estimate of drug-likeness (QED) is 0.495. The van der Waals surface area contributed by atoms with E-state index in [2.05, 4.69) is 22.8 Å². The van der Waals surface area contributed by atoms with Crippen molar-refractivity contribution in [2.45, 2.75) is 43.7 Å². The third kappa shape index (κ3) is 5.22. The molecule has 2 atom stereocenters. The Morgan fingerprint density at radius 3 is 2.15 bits per heavy atom. The molecule has 0 aliphatic heterocycles. The number of carbonyl (C=O) groups is 3. The van der Waals surface area contributed by atoms with Crippen LogP contribution in [0.5, 0.6) is 0 Å². The fourth-order valence-electron chi connectivity index (χ4n) is 4.78. The van der Waals surface area contributed by atoms with Crippen molar-refractivity contribution in [3.63, 3.8) is 0 Å². The van der Waals surface area contributed by atoms with Crippen LogP contribution in [0.1, 0.15) is 42.7 Å². The summed E-state index contributed by atoms with van der Waals surface area (Å²) in [6.07, 6.45) is 1.91. The number of carbonyl (C=O) groups excluding carboxylic acids is 2. The minimum Gasteiger partial charge on any atom is -0.481 e. The van der Waals surface area contributed by atoms with Gasteiger partial charge in [-0.15, -0.1) is 0 Å². The molecule has 0 bridgehead atoms. The maximum absolute atomic E-state index is 12.8. The molecule has 34 heavy (non-hydrogen) atoms. The highest BCUT2D eigenvalue weighted by Gasteiger charge is 2.33. The van der Waals surface area contributed by atoms with E-state index in [1.54, 1.807) is 0 Å². The third-order valence-electron chi connectivity index (χ3n) is 6.73. The number of methoxy groups -OCH3 is 1. The molecule has 8 heteroatoms. The van der Waals surface area contributed by atoms with E-state index in [0.29, 0.717) is 0 Å². The first kappa shape index (κ1) is 23.8. The van der Waals surface area contributed by atoms with Crippen molar-refractivity contribution >= 4 is 18.0 Å². The topological polar surface area (TPSA) is 114 Å². The maximum Gasteiger partial charge on any atom is 0.407 e. The average molecular weight is 467 g/mol. The summed E-state index contributed by atoms with van der Waals surface area (Å²) in [7, 11) is 1.43. The van der Waals surface area contributed by atoms with Gasteiger partial charge in [0.15, 0.2) is 0 Å². The van der Waals surface area contributed by atoms with Gasteiger partial charge in [-0.3, -0.25) is 9.59 Å². The van der Waals surface area contributed by atoms with E-state index < -0.39 is 30.1 Å². The van der Waals surface area contributed by atoms with Gasteiger partial charge in [0, 0.05) is 19.1 Å². The summed E-state index contributed by atoms with van der Waals surface area (Å²) in [5.41, 5.74) is 4.45. The predicted molar refractivity (Wildman–Crippen MR) is 125 cm³/mol. The molecular formula is C26H30N2O6. The molecule has 1 unspecified atom stereocenters. The van der Waals surface area contributed by atoms with Crippen molar-refractivity contribution in [2.75, 3.05) is 20.3 Å². The van der Waals surface area contributed by atoms with E-state index in [9.17, 15) is 19.5 Å². The molecule has 0 saturated heterocycles. The van der Waals surface area contributed by atoms with Crippen LogP contribution in [0.15, 0.2) is 48.5 Å². The summed E-state index contributed by atoms with van der Waals surface area (Å²) in [5, 5.41) is 14.6. The second-order valence-electron chi connectivity index (χ2n) is 8.88. The van der Waals surface area contributed by atoms with Crippen LogP contribution in [0, 0.1) is 5.92 Å². The normalized spacial score (nSPS) is 16.5. The maximum atomic E-state index is 12.8. The van der Waals surface area contributed by atoms with Crippen molar-refractivity contribution < 1.29 is 29.0 Å². The van der Waals surface area contributed by atoms with Crippen LogP contribution in [-0.2, 0) is 19.1 Å². The van der Waals surface area contributed by atoms with Gasteiger partial charge in [0.2, 0.25) is 5.91 Å². The number of fused-ring (bicyclic) bond motifs is 3. The molecule has 2 aliphatic rings. The highest BCUT2D eigenvalue weighted by molar-refractivity contribution is 5.86. The van der Waals surface area contributed by atoms with E-state index in [4.69, 9.17) is 9.47 Å². The van der Waals surface area contributed by atoms with Crippen LogP contribution in [0.4, 0.5) is 4.79 Å². The number of amides is 2. The molecule has 0 spiro atoms. The first-order valence-corrected chi connectivity index (χ1v) is 11.6. The molecule has 2 aromatic rings. The summed E-state index contributed by atoms with van der Waals surface area (Å²) in [6.45, 7) is 0.0748. The van der Waals surface area contributed by atoms with Crippen molar-refractivity contribution in [2.24, 2.45) is 5.92 Å². The summed E-state index contributed by atoms with van der Waals surface area (Å²) in [5.74, 6) is -1.40. The summed E-state index contributed by atoms with van der Waals surface area (Å²) in [6, 6.07) is 14.6. The van der Waals surface area contributed by atoms with Crippen molar-refractivity contribution in [1.29, 1.82) is 0 Å². The van der Waals surface area contributed by atoms with Crippen LogP contribution >= 0.6 is 0 Å². The second kappa shape index (κ2) is 10.7. The van der Waals surface area contributed by atoms with Crippen LogP contribution < -0.4 is 10.6 Å². The number of nitrogens with one attached hydrogen (secondary N) is 2. The first-order chi connectivity index (χ1) is 16.5. The Bertz CT molecular complexity index is 1010. The lowest BCUT2D eigenvalue weighted by molar-refractivity contribution is -0.138. The number of benzene rings is 2. The minimum absolute atomic E-state index is 0.0551. The third-order valence-corrected chi connectivity index (χ3v) is 6.73. The number of alkyl carbamates (subject to hydrolysis) is 1. The molecule has 1 saturated carbocycles. The van der Waals surface area contributed by atoms with Gasteiger partial charge in [0.25, 0.3) is 0 Å². The molecule has 1 fully saturated rings. The van der Waals surface area contributed by atoms with E-state index in [-0.39, 0.29) is 31.5 Å². The van der Waals surface area contributed by atoms with Gasteiger partial charge in [0.1, 0.15) is 12.6 Å². The molecule has 4 rings (SSSR count). The smallest absolute Gasteiger partial charge is 0.407 e. The van der Waals surface area contributed by atoms with Gasteiger partial charge in [-0.1, -0.05) is 55.0 Å². The summed E-state index contributed by atoms with van der Waals surface area (Å²) >= 11 is 0. The van der Waals surface area contributed by atoms with Gasteiger partial charge >= 0.3 is 12.1 Å². The lowest BCUT2D eigenvalue weighted by atomic mass is 9.78. The number of aliphatic carboxylic acids is 1. The molecule has 8 nitrogen and oxygen atoms in total. The van der Waals surface area contributed by atoms with E-state index in [1.807, 2.05) is 36.4 Å². The Morgan fingerprint density at radius 2 is 1.62 bits per heavy atom. The molecule has 2 aliphatic carbocycles. The zero-order valence-electron chi connectivity index (χ0n) is 19.2. The van der Waals surface area contributed by atoms with Crippen molar-refractivity contribution in [1.82, 2.24) is 10.6 Å². The van der Waals surface area contributed by atoms with E-state index in [0.717, 1.165) is 41.5 Å². The van der Waals surface area contributed by atoms with Gasteiger partial charge < -0.3 is 25.2 Å².